The minimum Gasteiger partial charge on any atom is -0.462 e. The molecule has 0 amide bonds. The number of rotatable bonds is 3. The Morgan fingerprint density at radius 1 is 1.47 bits per heavy atom. The number of aromatic nitrogens is 1. The van der Waals surface area contributed by atoms with E-state index in [1.165, 1.54) is 6.92 Å². The zero-order chi connectivity index (χ0) is 13.1. The smallest absolute Gasteiger partial charge is 0.462 e. The van der Waals surface area contributed by atoms with Crippen LogP contribution in [0.2, 0.25) is 5.02 Å². The van der Waals surface area contributed by atoms with Crippen LogP contribution in [0, 0.1) is 0 Å². The maximum absolute atomic E-state index is 12.1. The lowest BCUT2D eigenvalue weighted by Crippen LogP contribution is -2.20. The van der Waals surface area contributed by atoms with Crippen molar-refractivity contribution >= 4 is 17.6 Å². The number of esters is 1. The molecular weight excluding hydrogens is 263 g/mol. The molecule has 0 saturated heterocycles. The average Bonchev–Trinajstić information content (AvgIpc) is 2.19. The molecular formula is C9H7ClF3NO3. The highest BCUT2D eigenvalue weighted by Crippen LogP contribution is 2.32. The fraction of sp³-hybridized carbons (Fsp3) is 0.333. The molecule has 0 N–H and O–H groups in total. The molecule has 1 aromatic heterocycles. The van der Waals surface area contributed by atoms with Gasteiger partial charge >= 0.3 is 12.3 Å². The Morgan fingerprint density at radius 3 is 2.65 bits per heavy atom. The van der Waals surface area contributed by atoms with Gasteiger partial charge in [-0.3, -0.25) is 4.98 Å². The van der Waals surface area contributed by atoms with E-state index in [-0.39, 0.29) is 6.61 Å². The topological polar surface area (TPSA) is 48.4 Å². The van der Waals surface area contributed by atoms with Gasteiger partial charge in [0, 0.05) is 12.4 Å². The second-order valence-corrected chi connectivity index (χ2v) is 3.17. The summed E-state index contributed by atoms with van der Waals surface area (Å²) in [4.78, 5) is 14.8. The summed E-state index contributed by atoms with van der Waals surface area (Å²) < 4.78 is 44.5. The van der Waals surface area contributed by atoms with Gasteiger partial charge in [-0.15, -0.1) is 13.2 Å². The average molecular weight is 270 g/mol. The number of carbonyl (C=O) groups excluding carboxylic acids is 1. The Bertz CT molecular complexity index is 422. The minimum atomic E-state index is -4.95. The van der Waals surface area contributed by atoms with Gasteiger partial charge in [0.1, 0.15) is 10.6 Å². The van der Waals surface area contributed by atoms with Crippen molar-refractivity contribution < 1.29 is 27.4 Å². The maximum atomic E-state index is 12.1. The van der Waals surface area contributed by atoms with Gasteiger partial charge in [-0.05, 0) is 6.92 Å². The molecule has 8 heteroatoms. The zero-order valence-corrected chi connectivity index (χ0v) is 9.30. The Hall–Kier alpha value is -1.50. The van der Waals surface area contributed by atoms with Crippen molar-refractivity contribution in [1.82, 2.24) is 4.98 Å². The predicted octanol–water partition coefficient (Wildman–Crippen LogP) is 2.81. The number of alkyl halides is 3. The zero-order valence-electron chi connectivity index (χ0n) is 8.55. The number of nitrogens with zero attached hydrogens (tertiary/aromatic N) is 1. The summed E-state index contributed by atoms with van der Waals surface area (Å²) in [6, 6.07) is 0. The van der Waals surface area contributed by atoms with Crippen molar-refractivity contribution in [1.29, 1.82) is 0 Å². The SMILES string of the molecule is CCOC(=O)c1cncc(Cl)c1OC(F)(F)F. The van der Waals surface area contributed by atoms with Crippen LogP contribution in [0.5, 0.6) is 5.75 Å². The van der Waals surface area contributed by atoms with Crippen LogP contribution in [-0.4, -0.2) is 23.9 Å². The van der Waals surface area contributed by atoms with Gasteiger partial charge in [0.15, 0.2) is 5.75 Å². The van der Waals surface area contributed by atoms with Crippen molar-refractivity contribution in [2.75, 3.05) is 6.61 Å². The van der Waals surface area contributed by atoms with Gasteiger partial charge in [0.2, 0.25) is 0 Å². The van der Waals surface area contributed by atoms with Gasteiger partial charge in [0.25, 0.3) is 0 Å². The molecule has 1 aromatic rings. The number of pyridine rings is 1. The monoisotopic (exact) mass is 269 g/mol. The summed E-state index contributed by atoms with van der Waals surface area (Å²) in [5, 5.41) is -0.423. The van der Waals surface area contributed by atoms with E-state index in [0.717, 1.165) is 12.4 Å². The fourth-order valence-corrected chi connectivity index (χ4v) is 1.19. The van der Waals surface area contributed by atoms with Gasteiger partial charge in [0.05, 0.1) is 6.61 Å². The van der Waals surface area contributed by atoms with Gasteiger partial charge in [-0.2, -0.15) is 0 Å². The molecule has 0 unspecified atom stereocenters. The summed E-state index contributed by atoms with van der Waals surface area (Å²) in [6.07, 6.45) is -3.12. The van der Waals surface area contributed by atoms with E-state index in [1.54, 1.807) is 0 Å². The lowest BCUT2D eigenvalue weighted by molar-refractivity contribution is -0.274. The molecule has 0 aliphatic heterocycles. The highest BCUT2D eigenvalue weighted by molar-refractivity contribution is 6.32. The third-order valence-corrected chi connectivity index (χ3v) is 1.84. The standard InChI is InChI=1S/C9H7ClF3NO3/c1-2-16-8(15)5-3-14-4-6(10)7(5)17-9(11,12)13/h3-4H,2H2,1H3. The normalized spacial score (nSPS) is 11.1. The number of carbonyl (C=O) groups is 1. The maximum Gasteiger partial charge on any atom is 0.573 e. The number of hydrogen-bond donors (Lipinski definition) is 0. The van der Waals surface area contributed by atoms with Crippen LogP contribution in [-0.2, 0) is 4.74 Å². The molecule has 0 fully saturated rings. The summed E-state index contributed by atoms with van der Waals surface area (Å²) in [5.41, 5.74) is -0.475. The molecule has 0 aliphatic rings. The summed E-state index contributed by atoms with van der Waals surface area (Å²) >= 11 is 5.48. The van der Waals surface area contributed by atoms with Crippen LogP contribution >= 0.6 is 11.6 Å². The summed E-state index contributed by atoms with van der Waals surface area (Å²) in [7, 11) is 0. The third kappa shape index (κ3) is 3.77. The largest absolute Gasteiger partial charge is 0.573 e. The Kier molecular flexibility index (Phi) is 4.17. The second kappa shape index (κ2) is 5.22. The quantitative estimate of drug-likeness (QED) is 0.792. The molecule has 0 radical (unpaired) electrons. The first-order valence-electron chi connectivity index (χ1n) is 4.41. The molecule has 4 nitrogen and oxygen atoms in total. The summed E-state index contributed by atoms with van der Waals surface area (Å²) in [5.74, 6) is -1.80. The fourth-order valence-electron chi connectivity index (χ4n) is 0.997. The van der Waals surface area contributed by atoms with E-state index in [9.17, 15) is 18.0 Å². The van der Waals surface area contributed by atoms with E-state index in [4.69, 9.17) is 11.6 Å². The number of ether oxygens (including phenoxy) is 2. The van der Waals surface area contributed by atoms with Gasteiger partial charge in [-0.1, -0.05) is 11.6 Å². The van der Waals surface area contributed by atoms with Crippen molar-refractivity contribution in [3.8, 4) is 5.75 Å². The van der Waals surface area contributed by atoms with Crippen LogP contribution in [0.3, 0.4) is 0 Å². The molecule has 0 aliphatic carbocycles. The number of hydrogen-bond acceptors (Lipinski definition) is 4. The van der Waals surface area contributed by atoms with E-state index in [2.05, 4.69) is 14.5 Å². The van der Waals surface area contributed by atoms with Crippen molar-refractivity contribution in [3.63, 3.8) is 0 Å². The molecule has 17 heavy (non-hydrogen) atoms. The van der Waals surface area contributed by atoms with E-state index >= 15 is 0 Å². The minimum absolute atomic E-state index is 0.0107. The van der Waals surface area contributed by atoms with Crippen molar-refractivity contribution in [3.05, 3.63) is 23.0 Å². The highest BCUT2D eigenvalue weighted by atomic mass is 35.5. The van der Waals surface area contributed by atoms with Gasteiger partial charge in [-0.25, -0.2) is 4.79 Å². The first kappa shape index (κ1) is 13.6. The molecule has 0 saturated carbocycles. The molecule has 0 spiro atoms. The first-order chi connectivity index (χ1) is 7.85. The highest BCUT2D eigenvalue weighted by Gasteiger charge is 2.34. The molecule has 1 heterocycles. The first-order valence-corrected chi connectivity index (χ1v) is 4.79. The van der Waals surface area contributed by atoms with Gasteiger partial charge < -0.3 is 9.47 Å². The molecule has 0 atom stereocenters. The summed E-state index contributed by atoms with van der Waals surface area (Å²) in [6.45, 7) is 1.52. The van der Waals surface area contributed by atoms with Crippen molar-refractivity contribution in [2.45, 2.75) is 13.3 Å². The number of halogens is 4. The lowest BCUT2D eigenvalue weighted by atomic mass is 10.2. The Labute approximate surface area is 99.3 Å². The molecule has 0 aromatic carbocycles. The third-order valence-electron chi connectivity index (χ3n) is 1.57. The van der Waals surface area contributed by atoms with Crippen LogP contribution < -0.4 is 4.74 Å². The van der Waals surface area contributed by atoms with Crippen molar-refractivity contribution in [2.24, 2.45) is 0 Å². The Morgan fingerprint density at radius 2 is 2.12 bits per heavy atom. The van der Waals surface area contributed by atoms with E-state index in [1.807, 2.05) is 0 Å². The van der Waals surface area contributed by atoms with Crippen LogP contribution in [0.1, 0.15) is 17.3 Å². The van der Waals surface area contributed by atoms with E-state index < -0.39 is 28.7 Å². The molecule has 1 rings (SSSR count). The second-order valence-electron chi connectivity index (χ2n) is 2.77. The predicted molar refractivity (Wildman–Crippen MR) is 51.9 cm³/mol. The van der Waals surface area contributed by atoms with Crippen LogP contribution in [0.25, 0.3) is 0 Å². The lowest BCUT2D eigenvalue weighted by Gasteiger charge is -2.13. The Balaban J connectivity index is 3.13. The van der Waals surface area contributed by atoms with Crippen LogP contribution in [0.4, 0.5) is 13.2 Å². The van der Waals surface area contributed by atoms with E-state index in [0.29, 0.717) is 0 Å². The molecule has 94 valence electrons. The molecule has 0 bridgehead atoms. The van der Waals surface area contributed by atoms with Crippen LogP contribution in [0.15, 0.2) is 12.4 Å².